The summed E-state index contributed by atoms with van der Waals surface area (Å²) >= 11 is 0. The largest absolute Gasteiger partial charge is 0.469 e. The maximum Gasteiger partial charge on any atom is 0.239 e. The monoisotopic (exact) mass is 243 g/mol. The summed E-state index contributed by atoms with van der Waals surface area (Å²) in [5.41, 5.74) is 0. The van der Waals surface area contributed by atoms with E-state index in [1.165, 1.54) is 7.05 Å². The van der Waals surface area contributed by atoms with Crippen molar-refractivity contribution in [1.29, 1.82) is 0 Å². The van der Waals surface area contributed by atoms with E-state index in [1.54, 1.807) is 18.4 Å². The van der Waals surface area contributed by atoms with Crippen LogP contribution in [-0.2, 0) is 14.8 Å². The zero-order valence-electron chi connectivity index (χ0n) is 9.08. The van der Waals surface area contributed by atoms with Crippen LogP contribution in [0.15, 0.2) is 22.8 Å². The molecule has 2 atom stereocenters. The third-order valence-corrected chi connectivity index (χ3v) is 4.00. The Labute approximate surface area is 94.1 Å². The van der Waals surface area contributed by atoms with Gasteiger partial charge in [-0.3, -0.25) is 4.79 Å². The van der Waals surface area contributed by atoms with Gasteiger partial charge in [0.25, 0.3) is 0 Å². The van der Waals surface area contributed by atoms with E-state index in [0.29, 0.717) is 6.42 Å². The first kappa shape index (κ1) is 11.2. The highest BCUT2D eigenvalue weighted by Gasteiger charge is 2.48. The SMILES string of the molecule is CN(C(=O)[C@H]1C[C@@H]1c1ccco1)S(C)(=O)=O. The zero-order chi connectivity index (χ0) is 11.9. The summed E-state index contributed by atoms with van der Waals surface area (Å²) < 4.78 is 28.3. The van der Waals surface area contributed by atoms with Crippen LogP contribution in [0.1, 0.15) is 18.1 Å². The van der Waals surface area contributed by atoms with Crippen molar-refractivity contribution in [2.45, 2.75) is 12.3 Å². The fourth-order valence-electron chi connectivity index (χ4n) is 1.68. The Morgan fingerprint density at radius 3 is 2.75 bits per heavy atom. The van der Waals surface area contributed by atoms with E-state index >= 15 is 0 Å². The van der Waals surface area contributed by atoms with E-state index in [4.69, 9.17) is 4.42 Å². The number of rotatable bonds is 3. The van der Waals surface area contributed by atoms with Gasteiger partial charge < -0.3 is 4.42 Å². The fraction of sp³-hybridized carbons (Fsp3) is 0.500. The molecule has 6 heteroatoms. The summed E-state index contributed by atoms with van der Waals surface area (Å²) in [4.78, 5) is 11.8. The average molecular weight is 243 g/mol. The van der Waals surface area contributed by atoms with Gasteiger partial charge in [-0.1, -0.05) is 0 Å². The van der Waals surface area contributed by atoms with Gasteiger partial charge >= 0.3 is 0 Å². The number of sulfonamides is 1. The van der Waals surface area contributed by atoms with Gasteiger partial charge in [-0.25, -0.2) is 12.7 Å². The second kappa shape index (κ2) is 3.62. The quantitative estimate of drug-likeness (QED) is 0.787. The summed E-state index contributed by atoms with van der Waals surface area (Å²) in [5.74, 6) is 0.168. The molecule has 1 amide bonds. The third kappa shape index (κ3) is 1.97. The number of furan rings is 1. The average Bonchev–Trinajstić information content (AvgIpc) is 2.81. The molecular formula is C10H13NO4S. The molecule has 1 fully saturated rings. The summed E-state index contributed by atoms with van der Waals surface area (Å²) in [5, 5.41) is 0. The molecule has 0 spiro atoms. The van der Waals surface area contributed by atoms with Crippen LogP contribution in [0.2, 0.25) is 0 Å². The van der Waals surface area contributed by atoms with Gasteiger partial charge in [0.2, 0.25) is 15.9 Å². The number of nitrogens with zero attached hydrogens (tertiary/aromatic N) is 1. The summed E-state index contributed by atoms with van der Waals surface area (Å²) in [7, 11) is -2.16. The van der Waals surface area contributed by atoms with E-state index in [-0.39, 0.29) is 17.7 Å². The van der Waals surface area contributed by atoms with Crippen LogP contribution in [0.25, 0.3) is 0 Å². The highest BCUT2D eigenvalue weighted by atomic mass is 32.2. The molecule has 0 aliphatic heterocycles. The van der Waals surface area contributed by atoms with Gasteiger partial charge in [-0.15, -0.1) is 0 Å². The smallest absolute Gasteiger partial charge is 0.239 e. The van der Waals surface area contributed by atoms with Crippen LogP contribution in [0, 0.1) is 5.92 Å². The molecule has 1 aliphatic carbocycles. The maximum atomic E-state index is 11.8. The first-order valence-electron chi connectivity index (χ1n) is 4.92. The number of hydrogen-bond acceptors (Lipinski definition) is 4. The molecule has 5 nitrogen and oxygen atoms in total. The topological polar surface area (TPSA) is 67.6 Å². The van der Waals surface area contributed by atoms with Gasteiger partial charge in [-0.2, -0.15) is 0 Å². The number of carbonyl (C=O) groups excluding carboxylic acids is 1. The van der Waals surface area contributed by atoms with Crippen LogP contribution in [0.3, 0.4) is 0 Å². The van der Waals surface area contributed by atoms with Gasteiger partial charge in [0.15, 0.2) is 0 Å². The first-order chi connectivity index (χ1) is 7.41. The lowest BCUT2D eigenvalue weighted by molar-refractivity contribution is -0.127. The Balaban J connectivity index is 2.05. The molecular weight excluding hydrogens is 230 g/mol. The van der Waals surface area contributed by atoms with Gasteiger partial charge in [0.05, 0.1) is 12.5 Å². The molecule has 16 heavy (non-hydrogen) atoms. The van der Waals surface area contributed by atoms with Crippen molar-refractivity contribution in [3.8, 4) is 0 Å². The molecule has 1 heterocycles. The minimum absolute atomic E-state index is 0.0340. The van der Waals surface area contributed by atoms with E-state index in [0.717, 1.165) is 16.3 Å². The highest BCUT2D eigenvalue weighted by Crippen LogP contribution is 2.48. The second-order valence-electron chi connectivity index (χ2n) is 4.03. The zero-order valence-corrected chi connectivity index (χ0v) is 9.90. The van der Waals surface area contributed by atoms with Crippen LogP contribution >= 0.6 is 0 Å². The van der Waals surface area contributed by atoms with E-state index in [9.17, 15) is 13.2 Å². The maximum absolute atomic E-state index is 11.8. The summed E-state index contributed by atoms with van der Waals surface area (Å²) in [6.45, 7) is 0. The molecule has 0 saturated heterocycles. The van der Waals surface area contributed by atoms with Gasteiger partial charge in [0, 0.05) is 18.9 Å². The normalized spacial score (nSPS) is 24.1. The van der Waals surface area contributed by atoms with Crippen molar-refractivity contribution in [2.24, 2.45) is 5.92 Å². The molecule has 1 aromatic heterocycles. The Morgan fingerprint density at radius 1 is 1.56 bits per heavy atom. The minimum Gasteiger partial charge on any atom is -0.469 e. The molecule has 1 saturated carbocycles. The Morgan fingerprint density at radius 2 is 2.25 bits per heavy atom. The van der Waals surface area contributed by atoms with Crippen molar-refractivity contribution in [3.63, 3.8) is 0 Å². The molecule has 0 radical (unpaired) electrons. The number of hydrogen-bond donors (Lipinski definition) is 0. The van der Waals surface area contributed by atoms with Crippen molar-refractivity contribution in [3.05, 3.63) is 24.2 Å². The molecule has 88 valence electrons. The van der Waals surface area contributed by atoms with Crippen LogP contribution in [0.5, 0.6) is 0 Å². The molecule has 0 N–H and O–H groups in total. The lowest BCUT2D eigenvalue weighted by atomic mass is 10.2. The van der Waals surface area contributed by atoms with Crippen molar-refractivity contribution >= 4 is 15.9 Å². The van der Waals surface area contributed by atoms with Gasteiger partial charge in [-0.05, 0) is 18.6 Å². The van der Waals surface area contributed by atoms with Crippen molar-refractivity contribution < 1.29 is 17.6 Å². The van der Waals surface area contributed by atoms with Gasteiger partial charge in [0.1, 0.15) is 5.76 Å². The highest BCUT2D eigenvalue weighted by molar-refractivity contribution is 7.88. The number of carbonyl (C=O) groups is 1. The molecule has 1 aliphatic rings. The molecule has 0 aromatic carbocycles. The first-order valence-corrected chi connectivity index (χ1v) is 6.77. The Hall–Kier alpha value is -1.30. The van der Waals surface area contributed by atoms with E-state index < -0.39 is 10.0 Å². The van der Waals surface area contributed by atoms with Crippen molar-refractivity contribution in [1.82, 2.24) is 4.31 Å². The van der Waals surface area contributed by atoms with Crippen LogP contribution < -0.4 is 0 Å². The van der Waals surface area contributed by atoms with Crippen LogP contribution in [-0.4, -0.2) is 31.9 Å². The summed E-state index contributed by atoms with van der Waals surface area (Å²) in [6.07, 6.45) is 3.23. The fourth-order valence-corrected chi connectivity index (χ4v) is 2.14. The predicted molar refractivity (Wildman–Crippen MR) is 57.2 cm³/mol. The predicted octanol–water partition coefficient (Wildman–Crippen LogP) is 0.801. The summed E-state index contributed by atoms with van der Waals surface area (Å²) in [6, 6.07) is 3.56. The molecule has 1 aromatic rings. The standard InChI is InChI=1S/C10H13NO4S/c1-11(16(2,13)14)10(12)8-6-7(8)9-4-3-5-15-9/h3-5,7-8H,6H2,1-2H3/t7-,8-/m0/s1. The lowest BCUT2D eigenvalue weighted by Crippen LogP contribution is -2.33. The van der Waals surface area contributed by atoms with E-state index in [2.05, 4.69) is 0 Å². The third-order valence-electron chi connectivity index (χ3n) is 2.82. The Kier molecular flexibility index (Phi) is 2.53. The lowest BCUT2D eigenvalue weighted by Gasteiger charge is -2.13. The minimum atomic E-state index is -3.45. The molecule has 0 bridgehead atoms. The molecule has 0 unspecified atom stereocenters. The van der Waals surface area contributed by atoms with Crippen LogP contribution in [0.4, 0.5) is 0 Å². The Bertz CT molecular complexity index is 491. The second-order valence-corrected chi connectivity index (χ2v) is 6.05. The molecule has 2 rings (SSSR count). The number of amides is 1. The van der Waals surface area contributed by atoms with Crippen molar-refractivity contribution in [2.75, 3.05) is 13.3 Å². The van der Waals surface area contributed by atoms with E-state index in [1.807, 2.05) is 0 Å².